The Morgan fingerprint density at radius 3 is 2.54 bits per heavy atom. The predicted octanol–water partition coefficient (Wildman–Crippen LogP) is 3.11. The molecule has 0 unspecified atom stereocenters. The Kier molecular flexibility index (Phi) is 4.33. The highest BCUT2D eigenvalue weighted by Crippen LogP contribution is 2.47. The van der Waals surface area contributed by atoms with Crippen LogP contribution in [0.1, 0.15) is 48.9 Å². The average Bonchev–Trinajstić information content (AvgIpc) is 2.80. The molecule has 2 atom stereocenters. The summed E-state index contributed by atoms with van der Waals surface area (Å²) < 4.78 is 41.2. The summed E-state index contributed by atoms with van der Waals surface area (Å²) in [7, 11) is 0. The third-order valence-electron chi connectivity index (χ3n) is 4.65. The van der Waals surface area contributed by atoms with Gasteiger partial charge in [-0.15, -0.1) is 0 Å². The topological polar surface area (TPSA) is 65.8 Å². The van der Waals surface area contributed by atoms with E-state index >= 15 is 0 Å². The molecule has 0 spiro atoms. The van der Waals surface area contributed by atoms with Crippen LogP contribution in [0.5, 0.6) is 0 Å². The standard InChI is InChI=1S/C16H18F3N3O2/c17-16(18,19)15(24)12-5-3-1-2-4-6-13(12)21-22(15)14(23)11-7-9-20-10-8-11/h7-10,12,24H,1-6H2/t12-,15-/m0/s1. The van der Waals surface area contributed by atoms with E-state index in [1.807, 2.05) is 0 Å². The smallest absolute Gasteiger partial charge is 0.362 e. The molecule has 1 aromatic heterocycles. The van der Waals surface area contributed by atoms with Gasteiger partial charge in [0.25, 0.3) is 11.6 Å². The first-order chi connectivity index (χ1) is 11.4. The number of aromatic nitrogens is 1. The van der Waals surface area contributed by atoms with Gasteiger partial charge in [0.2, 0.25) is 0 Å². The number of rotatable bonds is 1. The van der Waals surface area contributed by atoms with E-state index in [0.29, 0.717) is 19.3 Å². The second kappa shape index (κ2) is 6.16. The van der Waals surface area contributed by atoms with Crippen molar-refractivity contribution in [2.24, 2.45) is 11.0 Å². The lowest BCUT2D eigenvalue weighted by Gasteiger charge is -2.37. The van der Waals surface area contributed by atoms with Gasteiger partial charge in [0.05, 0.1) is 5.92 Å². The largest absolute Gasteiger partial charge is 0.439 e. The highest BCUT2D eigenvalue weighted by Gasteiger charge is 2.68. The van der Waals surface area contributed by atoms with Gasteiger partial charge >= 0.3 is 6.18 Å². The fourth-order valence-corrected chi connectivity index (χ4v) is 3.39. The molecule has 1 aliphatic carbocycles. The summed E-state index contributed by atoms with van der Waals surface area (Å²) in [6, 6.07) is 2.61. The molecule has 8 heteroatoms. The third-order valence-corrected chi connectivity index (χ3v) is 4.65. The average molecular weight is 341 g/mol. The van der Waals surface area contributed by atoms with E-state index in [1.54, 1.807) is 0 Å². The Bertz CT molecular complexity index is 648. The van der Waals surface area contributed by atoms with Crippen LogP contribution in [-0.2, 0) is 0 Å². The highest BCUT2D eigenvalue weighted by atomic mass is 19.4. The summed E-state index contributed by atoms with van der Waals surface area (Å²) in [5.41, 5.74) is -3.02. The van der Waals surface area contributed by atoms with Crippen molar-refractivity contribution in [2.45, 2.75) is 50.4 Å². The summed E-state index contributed by atoms with van der Waals surface area (Å²) in [6.07, 6.45) is 1.16. The number of pyridine rings is 1. The summed E-state index contributed by atoms with van der Waals surface area (Å²) in [5.74, 6) is -2.18. The Labute approximate surface area is 137 Å². The lowest BCUT2D eigenvalue weighted by molar-refractivity contribution is -0.312. The van der Waals surface area contributed by atoms with Gasteiger partial charge in [0, 0.05) is 23.7 Å². The van der Waals surface area contributed by atoms with E-state index < -0.39 is 23.7 Å². The van der Waals surface area contributed by atoms with Gasteiger partial charge in [-0.2, -0.15) is 23.3 Å². The molecular weight excluding hydrogens is 323 g/mol. The number of hydrazone groups is 1. The number of carbonyl (C=O) groups excluding carboxylic acids is 1. The van der Waals surface area contributed by atoms with Crippen LogP contribution in [0.4, 0.5) is 13.2 Å². The van der Waals surface area contributed by atoms with Crippen LogP contribution in [0.25, 0.3) is 0 Å². The summed E-state index contributed by atoms with van der Waals surface area (Å²) in [5, 5.41) is 14.7. The molecule has 130 valence electrons. The number of alkyl halides is 3. The van der Waals surface area contributed by atoms with Gasteiger partial charge in [-0.25, -0.2) is 0 Å². The SMILES string of the molecule is O=C(c1ccncc1)N1N=C2CCCCCC[C@@H]2[C@]1(O)C(F)(F)F. The van der Waals surface area contributed by atoms with Gasteiger partial charge in [0.15, 0.2) is 0 Å². The van der Waals surface area contributed by atoms with Crippen molar-refractivity contribution in [3.63, 3.8) is 0 Å². The molecule has 1 N–H and O–H groups in total. The van der Waals surface area contributed by atoms with E-state index in [1.165, 1.54) is 24.5 Å². The molecule has 0 bridgehead atoms. The van der Waals surface area contributed by atoms with Crippen LogP contribution in [-0.4, -0.2) is 38.6 Å². The monoisotopic (exact) mass is 341 g/mol. The number of hydrogen-bond acceptors (Lipinski definition) is 4. The first-order valence-corrected chi connectivity index (χ1v) is 7.97. The molecule has 0 radical (unpaired) electrons. The number of halogens is 3. The maximum absolute atomic E-state index is 13.7. The maximum Gasteiger partial charge on any atom is 0.439 e. The first-order valence-electron chi connectivity index (χ1n) is 7.97. The fourth-order valence-electron chi connectivity index (χ4n) is 3.39. The van der Waals surface area contributed by atoms with E-state index in [-0.39, 0.29) is 22.7 Å². The van der Waals surface area contributed by atoms with Gasteiger partial charge in [-0.1, -0.05) is 19.3 Å². The minimum atomic E-state index is -5.00. The van der Waals surface area contributed by atoms with Crippen molar-refractivity contribution >= 4 is 11.6 Å². The predicted molar refractivity (Wildman–Crippen MR) is 80.0 cm³/mol. The van der Waals surface area contributed by atoms with Crippen LogP contribution in [0.2, 0.25) is 0 Å². The number of carbonyl (C=O) groups is 1. The molecule has 2 heterocycles. The lowest BCUT2D eigenvalue weighted by atomic mass is 9.82. The normalized spacial score (nSPS) is 27.9. The number of amides is 1. The second-order valence-corrected chi connectivity index (χ2v) is 6.17. The molecular formula is C16H18F3N3O2. The minimum Gasteiger partial charge on any atom is -0.362 e. The van der Waals surface area contributed by atoms with E-state index in [4.69, 9.17) is 0 Å². The van der Waals surface area contributed by atoms with Gasteiger partial charge in [0.1, 0.15) is 0 Å². The summed E-state index contributed by atoms with van der Waals surface area (Å²) in [4.78, 5) is 16.3. The molecule has 24 heavy (non-hydrogen) atoms. The molecule has 3 rings (SSSR count). The van der Waals surface area contributed by atoms with Crippen LogP contribution in [0.15, 0.2) is 29.6 Å². The molecule has 2 aliphatic rings. The van der Waals surface area contributed by atoms with Gasteiger partial charge in [-0.05, 0) is 31.4 Å². The molecule has 0 aromatic carbocycles. The zero-order chi connectivity index (χ0) is 17.4. The summed E-state index contributed by atoms with van der Waals surface area (Å²) >= 11 is 0. The molecule has 1 aromatic rings. The molecule has 0 saturated heterocycles. The van der Waals surface area contributed by atoms with Crippen molar-refractivity contribution in [3.05, 3.63) is 30.1 Å². The molecule has 5 nitrogen and oxygen atoms in total. The van der Waals surface area contributed by atoms with Gasteiger partial charge < -0.3 is 5.11 Å². The zero-order valence-electron chi connectivity index (χ0n) is 13.0. The molecule has 1 amide bonds. The molecule has 1 aliphatic heterocycles. The van der Waals surface area contributed by atoms with E-state index in [2.05, 4.69) is 10.1 Å². The fraction of sp³-hybridized carbons (Fsp3) is 0.562. The molecule has 1 saturated carbocycles. The number of nitrogens with zero attached hydrogens (tertiary/aromatic N) is 3. The summed E-state index contributed by atoms with van der Waals surface area (Å²) in [6.45, 7) is 0. The maximum atomic E-state index is 13.7. The Morgan fingerprint density at radius 1 is 1.21 bits per heavy atom. The van der Waals surface area contributed by atoms with Crippen LogP contribution >= 0.6 is 0 Å². The van der Waals surface area contributed by atoms with Crippen LogP contribution < -0.4 is 0 Å². The minimum absolute atomic E-state index is 0.00583. The van der Waals surface area contributed by atoms with Crippen molar-refractivity contribution < 1.29 is 23.1 Å². The van der Waals surface area contributed by atoms with Crippen LogP contribution in [0.3, 0.4) is 0 Å². The van der Waals surface area contributed by atoms with Crippen molar-refractivity contribution in [3.8, 4) is 0 Å². The number of hydrogen-bond donors (Lipinski definition) is 1. The quantitative estimate of drug-likeness (QED) is 0.853. The van der Waals surface area contributed by atoms with E-state index in [9.17, 15) is 23.1 Å². The van der Waals surface area contributed by atoms with Crippen molar-refractivity contribution in [2.75, 3.05) is 0 Å². The van der Waals surface area contributed by atoms with Crippen LogP contribution in [0, 0.1) is 5.92 Å². The Morgan fingerprint density at radius 2 is 1.88 bits per heavy atom. The third kappa shape index (κ3) is 2.68. The van der Waals surface area contributed by atoms with Crippen molar-refractivity contribution in [1.82, 2.24) is 9.99 Å². The second-order valence-electron chi connectivity index (χ2n) is 6.17. The Balaban J connectivity index is 2.03. The van der Waals surface area contributed by atoms with E-state index in [0.717, 1.165) is 12.8 Å². The highest BCUT2D eigenvalue weighted by molar-refractivity contribution is 5.99. The zero-order valence-corrected chi connectivity index (χ0v) is 13.0. The number of aliphatic hydroxyl groups is 1. The van der Waals surface area contributed by atoms with Gasteiger partial charge in [-0.3, -0.25) is 9.78 Å². The molecule has 1 fully saturated rings. The lowest BCUT2D eigenvalue weighted by Crippen LogP contribution is -2.61. The number of fused-ring (bicyclic) bond motifs is 1. The Hall–Kier alpha value is -1.96. The first kappa shape index (κ1) is 16.9. The van der Waals surface area contributed by atoms with Crippen molar-refractivity contribution in [1.29, 1.82) is 0 Å².